The summed E-state index contributed by atoms with van der Waals surface area (Å²) >= 11 is 0. The lowest BCUT2D eigenvalue weighted by molar-refractivity contribution is 0.317. The number of hydrogen-bond donors (Lipinski definition) is 2. The first-order valence-electron chi connectivity index (χ1n) is 8.04. The molecule has 3 heteroatoms. The minimum absolute atomic E-state index is 0.363. The molecule has 1 unspecified atom stereocenters. The van der Waals surface area contributed by atoms with E-state index in [4.69, 9.17) is 4.74 Å². The van der Waals surface area contributed by atoms with Gasteiger partial charge in [0.25, 0.3) is 0 Å². The molecule has 2 aromatic rings. The molecule has 2 aromatic carbocycles. The van der Waals surface area contributed by atoms with Crippen molar-refractivity contribution in [2.24, 2.45) is 0 Å². The Balaban J connectivity index is 1.72. The molecule has 2 N–H and O–H groups in total. The van der Waals surface area contributed by atoms with Crippen molar-refractivity contribution >= 4 is 5.69 Å². The lowest BCUT2D eigenvalue weighted by atomic mass is 10.1. The van der Waals surface area contributed by atoms with Gasteiger partial charge in [0.2, 0.25) is 0 Å². The fourth-order valence-electron chi connectivity index (χ4n) is 2.27. The van der Waals surface area contributed by atoms with Crippen molar-refractivity contribution in [3.63, 3.8) is 0 Å². The van der Waals surface area contributed by atoms with Crippen molar-refractivity contribution in [1.29, 1.82) is 0 Å². The molecule has 0 radical (unpaired) electrons. The van der Waals surface area contributed by atoms with Crippen molar-refractivity contribution in [2.75, 3.05) is 25.0 Å². The Morgan fingerprint density at radius 1 is 1.00 bits per heavy atom. The standard InChI is InChI=1S/C19H26N2O/c1-3-14-22-19-11-7-10-18(15-19)21-13-12-20-16(2)17-8-5-4-6-9-17/h4-11,15-16,20-21H,3,12-14H2,1-2H3. The van der Waals surface area contributed by atoms with Gasteiger partial charge in [-0.25, -0.2) is 0 Å². The molecule has 0 spiro atoms. The van der Waals surface area contributed by atoms with Crippen LogP contribution in [-0.4, -0.2) is 19.7 Å². The lowest BCUT2D eigenvalue weighted by Gasteiger charge is -2.15. The zero-order valence-corrected chi connectivity index (χ0v) is 13.5. The fourth-order valence-corrected chi connectivity index (χ4v) is 2.27. The van der Waals surface area contributed by atoms with E-state index in [-0.39, 0.29) is 0 Å². The van der Waals surface area contributed by atoms with Crippen molar-refractivity contribution in [2.45, 2.75) is 26.3 Å². The SMILES string of the molecule is CCCOc1cccc(NCCNC(C)c2ccccc2)c1. The summed E-state index contributed by atoms with van der Waals surface area (Å²) in [6, 6.07) is 19.0. The molecule has 0 heterocycles. The maximum absolute atomic E-state index is 5.64. The third-order valence-electron chi connectivity index (χ3n) is 3.51. The van der Waals surface area contributed by atoms with Crippen LogP contribution in [0.2, 0.25) is 0 Å². The van der Waals surface area contributed by atoms with E-state index >= 15 is 0 Å². The van der Waals surface area contributed by atoms with E-state index in [1.807, 2.05) is 18.2 Å². The molecule has 118 valence electrons. The second-order valence-electron chi connectivity index (χ2n) is 5.39. The number of anilines is 1. The van der Waals surface area contributed by atoms with Crippen molar-refractivity contribution in [1.82, 2.24) is 5.32 Å². The Labute approximate surface area is 133 Å². The molecule has 0 aliphatic rings. The van der Waals surface area contributed by atoms with Crippen LogP contribution in [0.5, 0.6) is 5.75 Å². The minimum Gasteiger partial charge on any atom is -0.494 e. The van der Waals surface area contributed by atoms with Crippen LogP contribution in [-0.2, 0) is 0 Å². The van der Waals surface area contributed by atoms with Crippen molar-refractivity contribution < 1.29 is 4.74 Å². The van der Waals surface area contributed by atoms with Gasteiger partial charge < -0.3 is 15.4 Å². The second-order valence-corrected chi connectivity index (χ2v) is 5.39. The molecule has 3 nitrogen and oxygen atoms in total. The van der Waals surface area contributed by atoms with Crippen LogP contribution in [0.1, 0.15) is 31.9 Å². The average Bonchev–Trinajstić information content (AvgIpc) is 2.58. The Morgan fingerprint density at radius 2 is 1.82 bits per heavy atom. The van der Waals surface area contributed by atoms with Gasteiger partial charge in [0.05, 0.1) is 6.61 Å². The molecule has 0 saturated heterocycles. The topological polar surface area (TPSA) is 33.3 Å². The van der Waals surface area contributed by atoms with Crippen LogP contribution in [0.25, 0.3) is 0 Å². The molecule has 2 rings (SSSR count). The van der Waals surface area contributed by atoms with Crippen LogP contribution in [0.3, 0.4) is 0 Å². The minimum atomic E-state index is 0.363. The van der Waals surface area contributed by atoms with E-state index in [0.29, 0.717) is 6.04 Å². The first kappa shape index (κ1) is 16.4. The molecule has 1 atom stereocenters. The molecule has 0 bridgehead atoms. The molecular formula is C19H26N2O. The van der Waals surface area contributed by atoms with E-state index in [1.54, 1.807) is 0 Å². The summed E-state index contributed by atoms with van der Waals surface area (Å²) in [4.78, 5) is 0. The van der Waals surface area contributed by atoms with Gasteiger partial charge in [-0.05, 0) is 31.0 Å². The summed E-state index contributed by atoms with van der Waals surface area (Å²) in [5.74, 6) is 0.928. The summed E-state index contributed by atoms with van der Waals surface area (Å²) < 4.78 is 5.64. The number of nitrogens with one attached hydrogen (secondary N) is 2. The van der Waals surface area contributed by atoms with Gasteiger partial charge in [-0.1, -0.05) is 43.3 Å². The summed E-state index contributed by atoms with van der Waals surface area (Å²) in [6.07, 6.45) is 1.03. The predicted octanol–water partition coefficient (Wildman–Crippen LogP) is 4.24. The third kappa shape index (κ3) is 5.41. The molecule has 0 fully saturated rings. The number of hydrogen-bond acceptors (Lipinski definition) is 3. The van der Waals surface area contributed by atoms with Crippen LogP contribution >= 0.6 is 0 Å². The van der Waals surface area contributed by atoms with Crippen LogP contribution < -0.4 is 15.4 Å². The molecule has 0 amide bonds. The molecule has 22 heavy (non-hydrogen) atoms. The molecule has 0 aliphatic carbocycles. The summed E-state index contributed by atoms with van der Waals surface area (Å²) in [6.45, 7) is 6.86. The van der Waals surface area contributed by atoms with E-state index in [2.05, 4.69) is 60.9 Å². The summed E-state index contributed by atoms with van der Waals surface area (Å²) in [5.41, 5.74) is 2.42. The fraction of sp³-hybridized carbons (Fsp3) is 0.368. The highest BCUT2D eigenvalue weighted by Crippen LogP contribution is 2.17. The molecule has 0 aromatic heterocycles. The third-order valence-corrected chi connectivity index (χ3v) is 3.51. The number of ether oxygens (including phenoxy) is 1. The quantitative estimate of drug-likeness (QED) is 0.679. The van der Waals surface area contributed by atoms with E-state index < -0.39 is 0 Å². The highest BCUT2D eigenvalue weighted by molar-refractivity contribution is 5.48. The Bertz CT molecular complexity index is 542. The predicted molar refractivity (Wildman–Crippen MR) is 93.6 cm³/mol. The first-order valence-corrected chi connectivity index (χ1v) is 8.04. The van der Waals surface area contributed by atoms with E-state index in [9.17, 15) is 0 Å². The number of rotatable bonds is 9. The lowest BCUT2D eigenvalue weighted by Crippen LogP contribution is -2.25. The Hall–Kier alpha value is -2.00. The van der Waals surface area contributed by atoms with Gasteiger partial charge in [-0.3, -0.25) is 0 Å². The van der Waals surface area contributed by atoms with Crippen LogP contribution in [0.4, 0.5) is 5.69 Å². The normalized spacial score (nSPS) is 11.9. The van der Waals surface area contributed by atoms with E-state index in [1.165, 1.54) is 5.56 Å². The zero-order valence-electron chi connectivity index (χ0n) is 13.5. The van der Waals surface area contributed by atoms with Gasteiger partial charge in [0.15, 0.2) is 0 Å². The van der Waals surface area contributed by atoms with Gasteiger partial charge in [-0.2, -0.15) is 0 Å². The molecule has 0 aliphatic heterocycles. The monoisotopic (exact) mass is 298 g/mol. The highest BCUT2D eigenvalue weighted by Gasteiger charge is 2.02. The van der Waals surface area contributed by atoms with Crippen LogP contribution in [0.15, 0.2) is 54.6 Å². The molecular weight excluding hydrogens is 272 g/mol. The van der Waals surface area contributed by atoms with Gasteiger partial charge in [0.1, 0.15) is 5.75 Å². The van der Waals surface area contributed by atoms with E-state index in [0.717, 1.165) is 37.6 Å². The average molecular weight is 298 g/mol. The maximum Gasteiger partial charge on any atom is 0.121 e. The largest absolute Gasteiger partial charge is 0.494 e. The highest BCUT2D eigenvalue weighted by atomic mass is 16.5. The Kier molecular flexibility index (Phi) is 6.78. The Morgan fingerprint density at radius 3 is 2.59 bits per heavy atom. The second kappa shape index (κ2) is 9.11. The summed E-state index contributed by atoms with van der Waals surface area (Å²) in [7, 11) is 0. The van der Waals surface area contributed by atoms with Gasteiger partial charge in [0, 0.05) is 30.9 Å². The van der Waals surface area contributed by atoms with Gasteiger partial charge in [-0.15, -0.1) is 0 Å². The smallest absolute Gasteiger partial charge is 0.121 e. The van der Waals surface area contributed by atoms with Crippen molar-refractivity contribution in [3.05, 3.63) is 60.2 Å². The maximum atomic E-state index is 5.64. The van der Waals surface area contributed by atoms with Crippen molar-refractivity contribution in [3.8, 4) is 5.75 Å². The van der Waals surface area contributed by atoms with Crippen LogP contribution in [0, 0.1) is 0 Å². The number of benzene rings is 2. The van der Waals surface area contributed by atoms with Gasteiger partial charge >= 0.3 is 0 Å². The zero-order chi connectivity index (χ0) is 15.6. The summed E-state index contributed by atoms with van der Waals surface area (Å²) in [5, 5.41) is 6.95. The first-order chi connectivity index (χ1) is 10.8. The molecule has 0 saturated carbocycles.